The number of hydrogen-bond donors (Lipinski definition) is 1. The standard InChI is InChI=1S/C22H24F6N4O2/c23-21(24,25)13-32-19(30-9-17(20(32)33)34-12-14-5-7-29-8-6-14)18(22(26,27)28)31-10-15-3-1-2-4-16(15)11-31/h1-4,9,14,18,29H,5-8,10-13H2/t18-/m1/s1. The van der Waals surface area contributed by atoms with Gasteiger partial charge in [0.1, 0.15) is 12.4 Å². The quantitative estimate of drug-likeness (QED) is 0.625. The lowest BCUT2D eigenvalue weighted by molar-refractivity contribution is -0.193. The van der Waals surface area contributed by atoms with Crippen LogP contribution in [0.25, 0.3) is 0 Å². The number of hydrogen-bond acceptors (Lipinski definition) is 5. The van der Waals surface area contributed by atoms with Gasteiger partial charge in [-0.1, -0.05) is 24.3 Å². The first kappa shape index (κ1) is 24.5. The summed E-state index contributed by atoms with van der Waals surface area (Å²) in [4.78, 5) is 17.6. The minimum absolute atomic E-state index is 0.0545. The van der Waals surface area contributed by atoms with Crippen molar-refractivity contribution in [2.24, 2.45) is 5.92 Å². The highest BCUT2D eigenvalue weighted by atomic mass is 19.4. The Bertz CT molecular complexity index is 1040. The van der Waals surface area contributed by atoms with Gasteiger partial charge in [0.25, 0.3) is 5.56 Å². The average molecular weight is 490 g/mol. The molecule has 0 bridgehead atoms. The molecular weight excluding hydrogens is 466 g/mol. The van der Waals surface area contributed by atoms with Crippen LogP contribution in [0, 0.1) is 5.92 Å². The van der Waals surface area contributed by atoms with Gasteiger partial charge in [-0.3, -0.25) is 14.3 Å². The van der Waals surface area contributed by atoms with Crippen molar-refractivity contribution >= 4 is 0 Å². The van der Waals surface area contributed by atoms with Crippen LogP contribution in [0.1, 0.15) is 35.8 Å². The van der Waals surface area contributed by atoms with E-state index in [2.05, 4.69) is 10.3 Å². The average Bonchev–Trinajstić information content (AvgIpc) is 3.18. The maximum absolute atomic E-state index is 14.2. The van der Waals surface area contributed by atoms with Crippen molar-refractivity contribution in [1.82, 2.24) is 19.8 Å². The van der Waals surface area contributed by atoms with Crippen molar-refractivity contribution in [2.45, 2.75) is 50.9 Å². The zero-order valence-corrected chi connectivity index (χ0v) is 18.1. The summed E-state index contributed by atoms with van der Waals surface area (Å²) in [5.41, 5.74) is 0.00834. The van der Waals surface area contributed by atoms with Crippen LogP contribution in [0.5, 0.6) is 5.75 Å². The maximum atomic E-state index is 14.2. The Morgan fingerprint density at radius 3 is 2.24 bits per heavy atom. The topological polar surface area (TPSA) is 59.4 Å². The van der Waals surface area contributed by atoms with Crippen molar-refractivity contribution in [3.63, 3.8) is 0 Å². The van der Waals surface area contributed by atoms with E-state index in [4.69, 9.17) is 4.74 Å². The fraction of sp³-hybridized carbons (Fsp3) is 0.545. The van der Waals surface area contributed by atoms with Crippen LogP contribution in [0.4, 0.5) is 26.3 Å². The lowest BCUT2D eigenvalue weighted by Gasteiger charge is -2.31. The lowest BCUT2D eigenvalue weighted by atomic mass is 9.99. The minimum Gasteiger partial charge on any atom is -0.486 e. The highest BCUT2D eigenvalue weighted by Crippen LogP contribution is 2.41. The highest BCUT2D eigenvalue weighted by Gasteiger charge is 2.49. The van der Waals surface area contributed by atoms with E-state index >= 15 is 0 Å². The van der Waals surface area contributed by atoms with Gasteiger partial charge < -0.3 is 10.1 Å². The molecule has 0 aliphatic carbocycles. The van der Waals surface area contributed by atoms with Crippen LogP contribution >= 0.6 is 0 Å². The predicted molar refractivity (Wildman–Crippen MR) is 110 cm³/mol. The number of rotatable bonds is 6. The van der Waals surface area contributed by atoms with E-state index in [0.29, 0.717) is 11.1 Å². The molecule has 3 heterocycles. The third kappa shape index (κ3) is 5.54. The predicted octanol–water partition coefficient (Wildman–Crippen LogP) is 3.80. The van der Waals surface area contributed by atoms with Crippen LogP contribution in [0.3, 0.4) is 0 Å². The molecule has 1 N–H and O–H groups in total. The lowest BCUT2D eigenvalue weighted by Crippen LogP contribution is -2.42. The Labute approximate surface area is 191 Å². The Morgan fingerprint density at radius 1 is 1.06 bits per heavy atom. The molecule has 2 aromatic rings. The third-order valence-corrected chi connectivity index (χ3v) is 6.10. The molecule has 186 valence electrons. The van der Waals surface area contributed by atoms with Crippen molar-refractivity contribution < 1.29 is 31.1 Å². The van der Waals surface area contributed by atoms with Gasteiger partial charge in [-0.2, -0.15) is 26.3 Å². The van der Waals surface area contributed by atoms with Crippen molar-refractivity contribution in [3.8, 4) is 5.75 Å². The van der Waals surface area contributed by atoms with Gasteiger partial charge in [0.2, 0.25) is 5.75 Å². The van der Waals surface area contributed by atoms with Crippen LogP contribution in [0.2, 0.25) is 0 Å². The summed E-state index contributed by atoms with van der Waals surface area (Å²) in [6, 6.07) is 4.19. The molecule has 6 nitrogen and oxygen atoms in total. The van der Waals surface area contributed by atoms with E-state index < -0.39 is 42.1 Å². The monoisotopic (exact) mass is 490 g/mol. The van der Waals surface area contributed by atoms with E-state index in [9.17, 15) is 31.1 Å². The van der Waals surface area contributed by atoms with Gasteiger partial charge in [-0.15, -0.1) is 0 Å². The summed E-state index contributed by atoms with van der Waals surface area (Å²) in [5.74, 6) is -1.41. The van der Waals surface area contributed by atoms with Gasteiger partial charge in [-0.05, 0) is 43.0 Å². The number of nitrogens with zero attached hydrogens (tertiary/aromatic N) is 3. The first-order chi connectivity index (χ1) is 16.0. The summed E-state index contributed by atoms with van der Waals surface area (Å²) in [6.07, 6.45) is -7.57. The normalized spacial score (nSPS) is 18.6. The second-order valence-corrected chi connectivity index (χ2v) is 8.61. The first-order valence-electron chi connectivity index (χ1n) is 10.9. The summed E-state index contributed by atoms with van der Waals surface area (Å²) in [7, 11) is 0. The molecule has 12 heteroatoms. The zero-order valence-electron chi connectivity index (χ0n) is 18.1. The first-order valence-corrected chi connectivity index (χ1v) is 10.9. The van der Waals surface area contributed by atoms with Crippen molar-refractivity contribution in [3.05, 3.63) is 57.8 Å². The van der Waals surface area contributed by atoms with E-state index in [1.807, 2.05) is 0 Å². The zero-order chi connectivity index (χ0) is 24.5. The van der Waals surface area contributed by atoms with Crippen molar-refractivity contribution in [1.29, 1.82) is 0 Å². The number of aromatic nitrogens is 2. The molecule has 1 saturated heterocycles. The van der Waals surface area contributed by atoms with E-state index in [0.717, 1.165) is 37.0 Å². The smallest absolute Gasteiger partial charge is 0.411 e. The molecule has 1 aromatic carbocycles. The molecule has 1 fully saturated rings. The molecule has 0 spiro atoms. The molecule has 2 aliphatic rings. The third-order valence-electron chi connectivity index (χ3n) is 6.10. The van der Waals surface area contributed by atoms with E-state index in [-0.39, 0.29) is 30.2 Å². The van der Waals surface area contributed by atoms with Gasteiger partial charge in [0, 0.05) is 13.1 Å². The van der Waals surface area contributed by atoms with E-state index in [1.165, 1.54) is 0 Å². The molecule has 0 saturated carbocycles. The number of piperidine rings is 1. The number of alkyl halides is 6. The Hall–Kier alpha value is -2.60. The number of ether oxygens (including phenoxy) is 1. The molecule has 34 heavy (non-hydrogen) atoms. The summed E-state index contributed by atoms with van der Waals surface area (Å²) in [6.45, 7) is -0.587. The van der Waals surface area contributed by atoms with Gasteiger partial charge in [-0.25, -0.2) is 4.98 Å². The molecule has 2 aliphatic heterocycles. The largest absolute Gasteiger partial charge is 0.486 e. The second-order valence-electron chi connectivity index (χ2n) is 8.61. The summed E-state index contributed by atoms with van der Waals surface area (Å²) >= 11 is 0. The number of benzene rings is 1. The fourth-order valence-electron chi connectivity index (χ4n) is 4.45. The van der Waals surface area contributed by atoms with E-state index in [1.54, 1.807) is 24.3 Å². The van der Waals surface area contributed by atoms with Crippen molar-refractivity contribution in [2.75, 3.05) is 19.7 Å². The molecular formula is C22H24F6N4O2. The number of nitrogens with one attached hydrogen (secondary N) is 1. The summed E-state index contributed by atoms with van der Waals surface area (Å²) < 4.78 is 88.1. The fourth-order valence-corrected chi connectivity index (χ4v) is 4.45. The Balaban J connectivity index is 1.69. The molecule has 0 amide bonds. The van der Waals surface area contributed by atoms with Crippen LogP contribution in [-0.2, 0) is 19.6 Å². The second kappa shape index (κ2) is 9.57. The van der Waals surface area contributed by atoms with Gasteiger partial charge in [0.05, 0.1) is 12.8 Å². The Kier molecular flexibility index (Phi) is 6.90. The molecule has 0 unspecified atom stereocenters. The Morgan fingerprint density at radius 2 is 1.68 bits per heavy atom. The van der Waals surface area contributed by atoms with Crippen LogP contribution in [-0.4, -0.2) is 46.5 Å². The molecule has 1 aromatic heterocycles. The number of halogens is 6. The maximum Gasteiger partial charge on any atom is 0.411 e. The van der Waals surface area contributed by atoms with Crippen LogP contribution in [0.15, 0.2) is 35.3 Å². The highest BCUT2D eigenvalue weighted by molar-refractivity contribution is 5.31. The molecule has 4 rings (SSSR count). The molecule has 1 atom stereocenters. The van der Waals surface area contributed by atoms with Gasteiger partial charge >= 0.3 is 12.4 Å². The number of fused-ring (bicyclic) bond motifs is 1. The van der Waals surface area contributed by atoms with Crippen LogP contribution < -0.4 is 15.6 Å². The van der Waals surface area contributed by atoms with Gasteiger partial charge in [0.15, 0.2) is 6.04 Å². The summed E-state index contributed by atoms with van der Waals surface area (Å²) in [5, 5.41) is 3.16. The molecule has 0 radical (unpaired) electrons. The SMILES string of the molecule is O=c1c(OCC2CCNCC2)cnc([C@@H](N2Cc3ccccc3C2)C(F)(F)F)n1CC(F)(F)F. The minimum atomic E-state index is -4.97.